The SMILES string of the molecule is NCC(O)c1nc(Cc2cccnc2)no1. The highest BCUT2D eigenvalue weighted by Crippen LogP contribution is 2.10. The van der Waals surface area contributed by atoms with Crippen LogP contribution in [-0.2, 0) is 6.42 Å². The van der Waals surface area contributed by atoms with E-state index in [-0.39, 0.29) is 12.4 Å². The Bertz CT molecular complexity index is 443. The molecule has 0 aromatic carbocycles. The first kappa shape index (κ1) is 10.7. The molecule has 2 heterocycles. The quantitative estimate of drug-likeness (QED) is 0.755. The summed E-state index contributed by atoms with van der Waals surface area (Å²) < 4.78 is 4.88. The number of nitrogens with two attached hydrogens (primary N) is 1. The molecule has 1 atom stereocenters. The smallest absolute Gasteiger partial charge is 0.256 e. The Labute approximate surface area is 92.1 Å². The van der Waals surface area contributed by atoms with Gasteiger partial charge in [-0.1, -0.05) is 11.2 Å². The maximum absolute atomic E-state index is 9.38. The first-order valence-corrected chi connectivity index (χ1v) is 4.89. The van der Waals surface area contributed by atoms with Gasteiger partial charge in [0.05, 0.1) is 0 Å². The molecule has 0 amide bonds. The highest BCUT2D eigenvalue weighted by Gasteiger charge is 2.14. The number of hydrogen-bond acceptors (Lipinski definition) is 6. The molecule has 84 valence electrons. The number of nitrogens with zero attached hydrogens (tertiary/aromatic N) is 3. The fourth-order valence-electron chi connectivity index (χ4n) is 1.26. The predicted octanol–water partition coefficient (Wildman–Crippen LogP) is 0.0475. The minimum absolute atomic E-state index is 0.0640. The van der Waals surface area contributed by atoms with Crippen LogP contribution in [0.3, 0.4) is 0 Å². The molecular weight excluding hydrogens is 208 g/mol. The zero-order valence-corrected chi connectivity index (χ0v) is 8.58. The molecular formula is C10H12N4O2. The summed E-state index contributed by atoms with van der Waals surface area (Å²) in [7, 11) is 0. The van der Waals surface area contributed by atoms with Gasteiger partial charge in [-0.05, 0) is 11.6 Å². The lowest BCUT2D eigenvalue weighted by molar-refractivity contribution is 0.141. The Hall–Kier alpha value is -1.79. The van der Waals surface area contributed by atoms with Gasteiger partial charge in [-0.2, -0.15) is 4.98 Å². The van der Waals surface area contributed by atoms with Crippen LogP contribution in [-0.4, -0.2) is 26.8 Å². The van der Waals surface area contributed by atoms with Crippen molar-refractivity contribution in [3.8, 4) is 0 Å². The molecule has 6 nitrogen and oxygen atoms in total. The van der Waals surface area contributed by atoms with Gasteiger partial charge in [0, 0.05) is 25.4 Å². The fraction of sp³-hybridized carbons (Fsp3) is 0.300. The van der Waals surface area contributed by atoms with Gasteiger partial charge in [0.15, 0.2) is 5.82 Å². The van der Waals surface area contributed by atoms with E-state index < -0.39 is 6.10 Å². The van der Waals surface area contributed by atoms with Crippen molar-refractivity contribution in [3.63, 3.8) is 0 Å². The van der Waals surface area contributed by atoms with Gasteiger partial charge >= 0.3 is 0 Å². The lowest BCUT2D eigenvalue weighted by Crippen LogP contribution is -2.11. The number of hydrogen-bond donors (Lipinski definition) is 2. The monoisotopic (exact) mass is 220 g/mol. The van der Waals surface area contributed by atoms with Gasteiger partial charge < -0.3 is 15.4 Å². The van der Waals surface area contributed by atoms with Gasteiger partial charge in [0.2, 0.25) is 0 Å². The van der Waals surface area contributed by atoms with Crippen molar-refractivity contribution < 1.29 is 9.63 Å². The second-order valence-electron chi connectivity index (χ2n) is 3.34. The predicted molar refractivity (Wildman–Crippen MR) is 55.4 cm³/mol. The number of aliphatic hydroxyl groups is 1. The van der Waals surface area contributed by atoms with E-state index in [1.165, 1.54) is 0 Å². The summed E-state index contributed by atoms with van der Waals surface area (Å²) in [4.78, 5) is 8.02. The Morgan fingerprint density at radius 3 is 3.06 bits per heavy atom. The molecule has 0 spiro atoms. The molecule has 2 aromatic heterocycles. The molecule has 0 aliphatic rings. The first-order chi connectivity index (χ1) is 7.79. The molecule has 0 radical (unpaired) electrons. The largest absolute Gasteiger partial charge is 0.382 e. The number of rotatable bonds is 4. The third kappa shape index (κ3) is 2.41. The summed E-state index contributed by atoms with van der Waals surface area (Å²) in [6, 6.07) is 3.76. The summed E-state index contributed by atoms with van der Waals surface area (Å²) in [5.74, 6) is 0.664. The minimum atomic E-state index is -0.893. The summed E-state index contributed by atoms with van der Waals surface area (Å²) >= 11 is 0. The van der Waals surface area contributed by atoms with Crippen LogP contribution in [0.2, 0.25) is 0 Å². The van der Waals surface area contributed by atoms with Crippen LogP contribution in [0.25, 0.3) is 0 Å². The topological polar surface area (TPSA) is 98.1 Å². The lowest BCUT2D eigenvalue weighted by atomic mass is 10.2. The maximum atomic E-state index is 9.38. The Kier molecular flexibility index (Phi) is 3.23. The first-order valence-electron chi connectivity index (χ1n) is 4.89. The lowest BCUT2D eigenvalue weighted by Gasteiger charge is -1.98. The molecule has 0 saturated carbocycles. The van der Waals surface area contributed by atoms with Gasteiger partial charge in [-0.15, -0.1) is 0 Å². The molecule has 0 aliphatic carbocycles. The summed E-state index contributed by atoms with van der Waals surface area (Å²) in [5.41, 5.74) is 6.26. The summed E-state index contributed by atoms with van der Waals surface area (Å²) in [6.07, 6.45) is 3.06. The van der Waals surface area contributed by atoms with Gasteiger partial charge in [-0.25, -0.2) is 0 Å². The third-order valence-electron chi connectivity index (χ3n) is 2.08. The third-order valence-corrected chi connectivity index (χ3v) is 2.08. The molecule has 0 fully saturated rings. The van der Waals surface area contributed by atoms with Crippen molar-refractivity contribution in [2.24, 2.45) is 5.73 Å². The number of pyridine rings is 1. The molecule has 2 aromatic rings. The highest BCUT2D eigenvalue weighted by atomic mass is 16.5. The van der Waals surface area contributed by atoms with E-state index in [0.717, 1.165) is 5.56 Å². The van der Waals surface area contributed by atoms with E-state index in [4.69, 9.17) is 10.3 Å². The van der Waals surface area contributed by atoms with Crippen LogP contribution in [0, 0.1) is 0 Å². The van der Waals surface area contributed by atoms with E-state index in [9.17, 15) is 5.11 Å². The molecule has 1 unspecified atom stereocenters. The van der Waals surface area contributed by atoms with Crippen LogP contribution in [0.5, 0.6) is 0 Å². The normalized spacial score (nSPS) is 12.6. The zero-order valence-electron chi connectivity index (χ0n) is 8.58. The average molecular weight is 220 g/mol. The molecule has 3 N–H and O–H groups in total. The van der Waals surface area contributed by atoms with Crippen molar-refractivity contribution in [2.75, 3.05) is 6.54 Å². The highest BCUT2D eigenvalue weighted by molar-refractivity contribution is 5.13. The van der Waals surface area contributed by atoms with Crippen molar-refractivity contribution in [3.05, 3.63) is 41.8 Å². The van der Waals surface area contributed by atoms with E-state index in [2.05, 4.69) is 15.1 Å². The molecule has 16 heavy (non-hydrogen) atoms. The van der Waals surface area contributed by atoms with Gasteiger partial charge in [0.25, 0.3) is 5.89 Å². The van der Waals surface area contributed by atoms with E-state index in [1.54, 1.807) is 12.4 Å². The second-order valence-corrected chi connectivity index (χ2v) is 3.34. The average Bonchev–Trinajstić information content (AvgIpc) is 2.78. The van der Waals surface area contributed by atoms with Gasteiger partial charge in [0.1, 0.15) is 6.10 Å². The number of aliphatic hydroxyl groups excluding tert-OH is 1. The number of aromatic nitrogens is 3. The molecule has 6 heteroatoms. The Morgan fingerprint density at radius 1 is 1.50 bits per heavy atom. The minimum Gasteiger partial charge on any atom is -0.382 e. The van der Waals surface area contributed by atoms with Crippen LogP contribution < -0.4 is 5.73 Å². The standard InChI is InChI=1S/C10H12N4O2/c11-5-8(15)10-13-9(14-16-10)4-7-2-1-3-12-6-7/h1-3,6,8,15H,4-5,11H2. The van der Waals surface area contributed by atoms with E-state index in [0.29, 0.717) is 12.2 Å². The zero-order chi connectivity index (χ0) is 11.4. The van der Waals surface area contributed by atoms with Crippen molar-refractivity contribution in [1.82, 2.24) is 15.1 Å². The molecule has 0 saturated heterocycles. The molecule has 0 bridgehead atoms. The van der Waals surface area contributed by atoms with Crippen molar-refractivity contribution >= 4 is 0 Å². The Balaban J connectivity index is 2.09. The summed E-state index contributed by atoms with van der Waals surface area (Å²) in [6.45, 7) is 0.0640. The second kappa shape index (κ2) is 4.82. The van der Waals surface area contributed by atoms with Gasteiger partial charge in [-0.3, -0.25) is 4.98 Å². The van der Waals surface area contributed by atoms with Crippen LogP contribution in [0.1, 0.15) is 23.4 Å². The van der Waals surface area contributed by atoms with Crippen LogP contribution in [0.15, 0.2) is 29.0 Å². The van der Waals surface area contributed by atoms with Crippen molar-refractivity contribution in [2.45, 2.75) is 12.5 Å². The van der Waals surface area contributed by atoms with E-state index in [1.807, 2.05) is 12.1 Å². The molecule has 0 aliphatic heterocycles. The van der Waals surface area contributed by atoms with Crippen molar-refractivity contribution in [1.29, 1.82) is 0 Å². The van der Waals surface area contributed by atoms with Crippen LogP contribution >= 0.6 is 0 Å². The molecule has 2 rings (SSSR count). The van der Waals surface area contributed by atoms with E-state index >= 15 is 0 Å². The fourth-order valence-corrected chi connectivity index (χ4v) is 1.26. The summed E-state index contributed by atoms with van der Waals surface area (Å²) in [5, 5.41) is 13.1. The maximum Gasteiger partial charge on any atom is 0.256 e. The van der Waals surface area contributed by atoms with Crippen LogP contribution in [0.4, 0.5) is 0 Å². The Morgan fingerprint density at radius 2 is 2.38 bits per heavy atom.